The summed E-state index contributed by atoms with van der Waals surface area (Å²) in [5.41, 5.74) is 4.43. The van der Waals surface area contributed by atoms with Gasteiger partial charge >= 0.3 is 0 Å². The zero-order valence-corrected chi connectivity index (χ0v) is 17.4. The molecule has 152 valence electrons. The van der Waals surface area contributed by atoms with E-state index in [0.717, 1.165) is 28.0 Å². The van der Waals surface area contributed by atoms with Crippen LogP contribution in [0, 0.1) is 18.3 Å². The third-order valence-electron chi connectivity index (χ3n) is 5.20. The van der Waals surface area contributed by atoms with Gasteiger partial charge in [-0.25, -0.2) is 18.5 Å². The van der Waals surface area contributed by atoms with Gasteiger partial charge < -0.3 is 5.32 Å². The molecule has 4 aromatic rings. The molecule has 1 unspecified atom stereocenters. The van der Waals surface area contributed by atoms with Crippen molar-refractivity contribution < 1.29 is 8.42 Å². The fraction of sp³-hybridized carbons (Fsp3) is 0.182. The molecule has 3 N–H and O–H groups in total. The first-order valence-electron chi connectivity index (χ1n) is 9.53. The Balaban J connectivity index is 1.88. The number of primary sulfonamides is 1. The van der Waals surface area contributed by atoms with E-state index in [2.05, 4.69) is 16.4 Å². The van der Waals surface area contributed by atoms with Gasteiger partial charge in [0.15, 0.2) is 5.65 Å². The predicted octanol–water partition coefficient (Wildman–Crippen LogP) is 3.88. The van der Waals surface area contributed by atoms with Crippen LogP contribution in [0.25, 0.3) is 16.7 Å². The van der Waals surface area contributed by atoms with Gasteiger partial charge in [0.05, 0.1) is 27.5 Å². The second-order valence-electron chi connectivity index (χ2n) is 7.18. The predicted molar refractivity (Wildman–Crippen MR) is 117 cm³/mol. The first-order chi connectivity index (χ1) is 14.3. The van der Waals surface area contributed by atoms with E-state index in [0.29, 0.717) is 17.6 Å². The number of nitriles is 1. The summed E-state index contributed by atoms with van der Waals surface area (Å²) in [6.45, 7) is 3.90. The summed E-state index contributed by atoms with van der Waals surface area (Å²) in [5.74, 6) is 0.781. The third kappa shape index (κ3) is 3.38. The highest BCUT2D eigenvalue weighted by Crippen LogP contribution is 2.30. The number of hydrogen-bond acceptors (Lipinski definition) is 5. The number of aryl methyl sites for hydroxylation is 1. The van der Waals surface area contributed by atoms with Gasteiger partial charge in [-0.2, -0.15) is 5.26 Å². The highest BCUT2D eigenvalue weighted by molar-refractivity contribution is 7.89. The topological polar surface area (TPSA) is 113 Å². The molecule has 1 atom stereocenters. The van der Waals surface area contributed by atoms with E-state index >= 15 is 0 Å². The van der Waals surface area contributed by atoms with Crippen molar-refractivity contribution in [3.8, 4) is 6.07 Å². The van der Waals surface area contributed by atoms with E-state index in [1.165, 1.54) is 6.07 Å². The third-order valence-corrected chi connectivity index (χ3v) is 6.12. The van der Waals surface area contributed by atoms with Crippen molar-refractivity contribution >= 4 is 32.5 Å². The van der Waals surface area contributed by atoms with Gasteiger partial charge in [0, 0.05) is 0 Å². The Morgan fingerprint density at radius 2 is 1.97 bits per heavy atom. The molecule has 2 aromatic carbocycles. The Hall–Kier alpha value is -3.41. The Morgan fingerprint density at radius 1 is 1.20 bits per heavy atom. The summed E-state index contributed by atoms with van der Waals surface area (Å²) >= 11 is 0. The number of pyridine rings is 1. The van der Waals surface area contributed by atoms with Crippen molar-refractivity contribution in [2.24, 2.45) is 5.14 Å². The van der Waals surface area contributed by atoms with Gasteiger partial charge in [-0.15, -0.1) is 0 Å². The van der Waals surface area contributed by atoms with Gasteiger partial charge in [-0.3, -0.25) is 4.40 Å². The molecule has 2 aromatic heterocycles. The molecule has 0 fully saturated rings. The smallest absolute Gasteiger partial charge is 0.238 e. The maximum atomic E-state index is 11.8. The molecule has 2 heterocycles. The zero-order valence-electron chi connectivity index (χ0n) is 16.6. The molecule has 4 rings (SSSR count). The molecule has 0 aliphatic carbocycles. The number of imidazole rings is 1. The number of aromatic nitrogens is 2. The quantitative estimate of drug-likeness (QED) is 0.510. The summed E-state index contributed by atoms with van der Waals surface area (Å²) in [4.78, 5) is 4.74. The number of hydrogen-bond donors (Lipinski definition) is 2. The molecule has 0 saturated heterocycles. The van der Waals surface area contributed by atoms with E-state index < -0.39 is 10.0 Å². The van der Waals surface area contributed by atoms with Crippen LogP contribution in [0.4, 0.5) is 5.82 Å². The lowest BCUT2D eigenvalue weighted by Gasteiger charge is -2.21. The number of fused-ring (bicyclic) bond motifs is 3. The normalized spacial score (nSPS) is 12.7. The van der Waals surface area contributed by atoms with Gasteiger partial charge in [0.2, 0.25) is 10.0 Å². The van der Waals surface area contributed by atoms with Crippen LogP contribution < -0.4 is 10.5 Å². The average Bonchev–Trinajstić information content (AvgIpc) is 3.11. The number of para-hydroxylation sites is 2. The standard InChI is InChI=1S/C22H21N5O2S/c1-3-18(15-7-6-8-16(12-15)30(24,28)29)25-21-11-14(2)17(13-23)22-26-19-9-4-5-10-20(19)27(21)22/h4-12,18,25H,3H2,1-2H3,(H2,24,28,29). The van der Waals surface area contributed by atoms with Gasteiger partial charge in [0.25, 0.3) is 0 Å². The second kappa shape index (κ2) is 7.44. The molecule has 30 heavy (non-hydrogen) atoms. The zero-order chi connectivity index (χ0) is 21.5. The number of benzene rings is 2. The van der Waals surface area contributed by atoms with E-state index in [9.17, 15) is 13.7 Å². The van der Waals surface area contributed by atoms with Crippen molar-refractivity contribution in [1.29, 1.82) is 5.26 Å². The van der Waals surface area contributed by atoms with E-state index in [1.807, 2.05) is 54.6 Å². The Labute approximate surface area is 174 Å². The molecule has 0 aliphatic rings. The van der Waals surface area contributed by atoms with Crippen LogP contribution >= 0.6 is 0 Å². The van der Waals surface area contributed by atoms with Crippen molar-refractivity contribution in [3.63, 3.8) is 0 Å². The van der Waals surface area contributed by atoms with E-state index in [-0.39, 0.29) is 10.9 Å². The lowest BCUT2D eigenvalue weighted by molar-refractivity contribution is 0.597. The van der Waals surface area contributed by atoms with Crippen molar-refractivity contribution in [2.75, 3.05) is 5.32 Å². The minimum Gasteiger partial charge on any atom is -0.364 e. The average molecular weight is 420 g/mol. The largest absolute Gasteiger partial charge is 0.364 e. The SMILES string of the molecule is CCC(Nc1cc(C)c(C#N)c2nc3ccccc3n12)c1cccc(S(N)(=O)=O)c1. The van der Waals surface area contributed by atoms with Crippen LogP contribution in [0.1, 0.15) is 36.1 Å². The molecule has 0 bridgehead atoms. The Bertz CT molecular complexity index is 1420. The molecule has 8 heteroatoms. The van der Waals surface area contributed by atoms with E-state index in [1.54, 1.807) is 12.1 Å². The summed E-state index contributed by atoms with van der Waals surface area (Å²) in [6, 6.07) is 18.4. The fourth-order valence-corrected chi connectivity index (χ4v) is 4.28. The molecular weight excluding hydrogens is 398 g/mol. The Kier molecular flexibility index (Phi) is 4.94. The minimum absolute atomic E-state index is 0.0782. The first kappa shape index (κ1) is 19.9. The molecule has 0 aliphatic heterocycles. The Morgan fingerprint density at radius 3 is 2.67 bits per heavy atom. The summed E-state index contributed by atoms with van der Waals surface area (Å²) in [7, 11) is -3.79. The highest BCUT2D eigenvalue weighted by atomic mass is 32.2. The number of nitrogens with zero attached hydrogens (tertiary/aromatic N) is 3. The van der Waals surface area contributed by atoms with Crippen LogP contribution in [-0.4, -0.2) is 17.8 Å². The minimum atomic E-state index is -3.79. The van der Waals surface area contributed by atoms with Crippen LogP contribution in [0.5, 0.6) is 0 Å². The first-order valence-corrected chi connectivity index (χ1v) is 11.1. The number of nitrogens with two attached hydrogens (primary N) is 1. The lowest BCUT2D eigenvalue weighted by atomic mass is 10.0. The number of anilines is 1. The van der Waals surface area contributed by atoms with Crippen molar-refractivity contribution in [1.82, 2.24) is 9.38 Å². The van der Waals surface area contributed by atoms with Crippen LogP contribution in [-0.2, 0) is 10.0 Å². The molecule has 7 nitrogen and oxygen atoms in total. The van der Waals surface area contributed by atoms with Gasteiger partial charge in [0.1, 0.15) is 11.9 Å². The number of sulfonamides is 1. The van der Waals surface area contributed by atoms with Crippen molar-refractivity contribution in [2.45, 2.75) is 31.2 Å². The van der Waals surface area contributed by atoms with Gasteiger partial charge in [-0.05, 0) is 54.8 Å². The molecule has 0 spiro atoms. The molecule has 0 saturated carbocycles. The molecule has 0 amide bonds. The molecular formula is C22H21N5O2S. The number of rotatable bonds is 5. The maximum Gasteiger partial charge on any atom is 0.238 e. The van der Waals surface area contributed by atoms with Crippen LogP contribution in [0.15, 0.2) is 59.5 Å². The maximum absolute atomic E-state index is 11.8. The summed E-state index contributed by atoms with van der Waals surface area (Å²) < 4.78 is 25.5. The van der Waals surface area contributed by atoms with E-state index in [4.69, 9.17) is 5.14 Å². The van der Waals surface area contributed by atoms with Crippen LogP contribution in [0.2, 0.25) is 0 Å². The lowest BCUT2D eigenvalue weighted by Crippen LogP contribution is -2.16. The molecule has 0 radical (unpaired) electrons. The van der Waals surface area contributed by atoms with Crippen LogP contribution in [0.3, 0.4) is 0 Å². The summed E-state index contributed by atoms with van der Waals surface area (Å²) in [5, 5.41) is 18.5. The van der Waals surface area contributed by atoms with Gasteiger partial charge in [-0.1, -0.05) is 31.2 Å². The number of nitrogens with one attached hydrogen (secondary N) is 1. The highest BCUT2D eigenvalue weighted by Gasteiger charge is 2.19. The monoisotopic (exact) mass is 419 g/mol. The fourth-order valence-electron chi connectivity index (χ4n) is 3.71. The second-order valence-corrected chi connectivity index (χ2v) is 8.74. The summed E-state index contributed by atoms with van der Waals surface area (Å²) in [6.07, 6.45) is 0.710. The van der Waals surface area contributed by atoms with Crippen molar-refractivity contribution in [3.05, 3.63) is 71.3 Å².